The zero-order valence-electron chi connectivity index (χ0n) is 14.8. The number of benzene rings is 2. The maximum absolute atomic E-state index is 12.5. The number of carbonyl (C=O) groups excluding carboxylic acids is 1. The minimum Gasteiger partial charge on any atom is -0.343 e. The molecule has 9 heteroatoms. The zero-order chi connectivity index (χ0) is 19.4. The molecule has 1 heterocycles. The molecule has 0 fully saturated rings. The van der Waals surface area contributed by atoms with Crippen LogP contribution in [0.2, 0.25) is 0 Å². The van der Waals surface area contributed by atoms with Crippen molar-refractivity contribution in [2.24, 2.45) is 0 Å². The van der Waals surface area contributed by atoms with Gasteiger partial charge in [0.25, 0.3) is 5.91 Å². The molecule has 1 N–H and O–H groups in total. The number of nitrogens with one attached hydrogen (secondary N) is 1. The maximum Gasteiger partial charge on any atom is 0.253 e. The van der Waals surface area contributed by atoms with Gasteiger partial charge in [0.15, 0.2) is 0 Å². The first-order chi connectivity index (χ1) is 12.9. The summed E-state index contributed by atoms with van der Waals surface area (Å²) in [5, 5.41) is 6.56. The number of para-hydroxylation sites is 1. The Labute approximate surface area is 156 Å². The van der Waals surface area contributed by atoms with Gasteiger partial charge < -0.3 is 9.84 Å². The molecule has 27 heavy (non-hydrogen) atoms. The lowest BCUT2D eigenvalue weighted by Crippen LogP contribution is -2.29. The van der Waals surface area contributed by atoms with Gasteiger partial charge in [0, 0.05) is 12.6 Å². The molecule has 0 aliphatic rings. The summed E-state index contributed by atoms with van der Waals surface area (Å²) < 4.78 is 29.8. The molecule has 8 nitrogen and oxygen atoms in total. The van der Waals surface area contributed by atoms with Gasteiger partial charge in [-0.2, -0.15) is 4.98 Å². The largest absolute Gasteiger partial charge is 0.343 e. The van der Waals surface area contributed by atoms with E-state index in [9.17, 15) is 13.2 Å². The van der Waals surface area contributed by atoms with Crippen LogP contribution in [0.1, 0.15) is 16.2 Å². The fraction of sp³-hybridized carbons (Fsp3) is 0.167. The molecule has 3 aromatic rings. The minimum atomic E-state index is -3.49. The Kier molecular flexibility index (Phi) is 5.22. The Bertz CT molecular complexity index is 1050. The van der Waals surface area contributed by atoms with Crippen molar-refractivity contribution in [1.29, 1.82) is 0 Å². The van der Waals surface area contributed by atoms with Gasteiger partial charge in [-0.1, -0.05) is 47.6 Å². The Morgan fingerprint density at radius 1 is 1.11 bits per heavy atom. The number of sulfonamides is 1. The Balaban J connectivity index is 1.73. The summed E-state index contributed by atoms with van der Waals surface area (Å²) in [7, 11) is -2.10. The second-order valence-corrected chi connectivity index (χ2v) is 7.82. The third-order valence-corrected chi connectivity index (χ3v) is 5.08. The lowest BCUT2D eigenvalue weighted by atomic mass is 10.1. The fourth-order valence-electron chi connectivity index (χ4n) is 2.40. The monoisotopic (exact) mass is 386 g/mol. The fourth-order valence-corrected chi connectivity index (χ4v) is 2.92. The molecular weight excluding hydrogens is 368 g/mol. The molecule has 0 atom stereocenters. The first-order valence-electron chi connectivity index (χ1n) is 8.05. The molecule has 0 unspecified atom stereocenters. The average molecular weight is 386 g/mol. The summed E-state index contributed by atoms with van der Waals surface area (Å²) >= 11 is 0. The highest BCUT2D eigenvalue weighted by atomic mass is 32.2. The van der Waals surface area contributed by atoms with E-state index in [0.29, 0.717) is 5.82 Å². The molecule has 0 saturated heterocycles. The normalized spacial score (nSPS) is 11.2. The molecule has 140 valence electrons. The van der Waals surface area contributed by atoms with Gasteiger partial charge in [0.1, 0.15) is 0 Å². The molecule has 0 saturated carbocycles. The van der Waals surface area contributed by atoms with Crippen molar-refractivity contribution in [1.82, 2.24) is 15.5 Å². The minimum absolute atomic E-state index is 0.0234. The third-order valence-electron chi connectivity index (χ3n) is 3.89. The molecule has 0 spiro atoms. The van der Waals surface area contributed by atoms with Crippen LogP contribution in [-0.2, 0) is 16.6 Å². The Morgan fingerprint density at radius 2 is 1.78 bits per heavy atom. The summed E-state index contributed by atoms with van der Waals surface area (Å²) in [6, 6.07) is 15.8. The van der Waals surface area contributed by atoms with Crippen LogP contribution in [0, 0.1) is 0 Å². The van der Waals surface area contributed by atoms with Crippen molar-refractivity contribution in [2.75, 3.05) is 17.6 Å². The van der Waals surface area contributed by atoms with Crippen LogP contribution in [0.15, 0.2) is 59.1 Å². The lowest BCUT2D eigenvalue weighted by Gasteiger charge is -2.19. The maximum atomic E-state index is 12.5. The summed E-state index contributed by atoms with van der Waals surface area (Å²) in [6.07, 6.45) is 1.07. The Morgan fingerprint density at radius 3 is 2.48 bits per heavy atom. The van der Waals surface area contributed by atoms with Crippen LogP contribution in [0.4, 0.5) is 5.69 Å². The lowest BCUT2D eigenvalue weighted by molar-refractivity contribution is 0.0947. The van der Waals surface area contributed by atoms with E-state index in [1.165, 1.54) is 7.05 Å². The van der Waals surface area contributed by atoms with Crippen molar-refractivity contribution in [3.63, 3.8) is 0 Å². The van der Waals surface area contributed by atoms with Crippen LogP contribution < -0.4 is 9.62 Å². The molecule has 2 aromatic carbocycles. The van der Waals surface area contributed by atoms with Gasteiger partial charge in [-0.25, -0.2) is 8.42 Å². The van der Waals surface area contributed by atoms with Crippen LogP contribution >= 0.6 is 0 Å². The smallest absolute Gasteiger partial charge is 0.253 e. The van der Waals surface area contributed by atoms with Crippen molar-refractivity contribution in [3.05, 3.63) is 66.1 Å². The molecule has 0 aliphatic carbocycles. The van der Waals surface area contributed by atoms with Crippen LogP contribution in [0.5, 0.6) is 0 Å². The predicted octanol–water partition coefficient (Wildman–Crippen LogP) is 2.06. The second-order valence-electron chi connectivity index (χ2n) is 5.81. The molecule has 3 rings (SSSR count). The van der Waals surface area contributed by atoms with Crippen molar-refractivity contribution >= 4 is 21.6 Å². The quantitative estimate of drug-likeness (QED) is 0.695. The summed E-state index contributed by atoms with van der Waals surface area (Å²) in [4.78, 5) is 16.8. The van der Waals surface area contributed by atoms with Gasteiger partial charge in [-0.15, -0.1) is 0 Å². The van der Waals surface area contributed by atoms with Crippen LogP contribution in [0.3, 0.4) is 0 Å². The summed E-state index contributed by atoms with van der Waals surface area (Å²) in [5.74, 6) is 0.230. The molecule has 1 aromatic heterocycles. The summed E-state index contributed by atoms with van der Waals surface area (Å²) in [6.45, 7) is 0.0234. The highest BCUT2D eigenvalue weighted by molar-refractivity contribution is 7.92. The van der Waals surface area contributed by atoms with E-state index in [-0.39, 0.29) is 23.7 Å². The van der Waals surface area contributed by atoms with Gasteiger partial charge in [-0.05, 0) is 12.1 Å². The predicted molar refractivity (Wildman–Crippen MR) is 101 cm³/mol. The van der Waals surface area contributed by atoms with E-state index in [2.05, 4.69) is 15.5 Å². The van der Waals surface area contributed by atoms with E-state index in [1.54, 1.807) is 24.3 Å². The van der Waals surface area contributed by atoms with Crippen molar-refractivity contribution < 1.29 is 17.7 Å². The van der Waals surface area contributed by atoms with E-state index in [0.717, 1.165) is 16.1 Å². The van der Waals surface area contributed by atoms with Gasteiger partial charge in [-0.3, -0.25) is 9.10 Å². The molecule has 0 bridgehead atoms. The van der Waals surface area contributed by atoms with Crippen LogP contribution in [0.25, 0.3) is 11.4 Å². The van der Waals surface area contributed by atoms with E-state index >= 15 is 0 Å². The number of rotatable bonds is 6. The number of hydrogen-bond donors (Lipinski definition) is 1. The second kappa shape index (κ2) is 7.58. The van der Waals surface area contributed by atoms with Gasteiger partial charge >= 0.3 is 0 Å². The third kappa shape index (κ3) is 4.32. The number of amides is 1. The Hall–Kier alpha value is -3.20. The van der Waals surface area contributed by atoms with Crippen molar-refractivity contribution in [2.45, 2.75) is 6.54 Å². The molecule has 1 amide bonds. The SMILES string of the molecule is CN(c1ccccc1C(=O)NCc1nc(-c2ccccc2)no1)S(C)(=O)=O. The summed E-state index contributed by atoms with van der Waals surface area (Å²) in [5.41, 5.74) is 1.32. The molecule has 0 radical (unpaired) electrons. The number of anilines is 1. The molecule has 0 aliphatic heterocycles. The standard InChI is InChI=1S/C18H18N4O4S/c1-22(27(2,24)25)15-11-7-6-10-14(15)18(23)19-12-16-20-17(21-26-16)13-8-4-3-5-9-13/h3-11H,12H2,1-2H3,(H,19,23). The number of hydrogen-bond acceptors (Lipinski definition) is 6. The first kappa shape index (κ1) is 18.6. The zero-order valence-corrected chi connectivity index (χ0v) is 15.6. The number of aromatic nitrogens is 2. The van der Waals surface area contributed by atoms with Crippen LogP contribution in [-0.4, -0.2) is 37.8 Å². The van der Waals surface area contributed by atoms with E-state index in [1.807, 2.05) is 30.3 Å². The molecular formula is C18H18N4O4S. The highest BCUT2D eigenvalue weighted by Crippen LogP contribution is 2.21. The van der Waals surface area contributed by atoms with E-state index in [4.69, 9.17) is 4.52 Å². The number of carbonyl (C=O) groups is 1. The first-order valence-corrected chi connectivity index (χ1v) is 9.90. The number of nitrogens with zero attached hydrogens (tertiary/aromatic N) is 3. The van der Waals surface area contributed by atoms with Gasteiger partial charge in [0.05, 0.1) is 24.1 Å². The highest BCUT2D eigenvalue weighted by Gasteiger charge is 2.19. The topological polar surface area (TPSA) is 105 Å². The van der Waals surface area contributed by atoms with Crippen molar-refractivity contribution in [3.8, 4) is 11.4 Å². The van der Waals surface area contributed by atoms with Gasteiger partial charge in [0.2, 0.25) is 21.7 Å². The van der Waals surface area contributed by atoms with E-state index < -0.39 is 15.9 Å². The average Bonchev–Trinajstić information content (AvgIpc) is 3.14.